The lowest BCUT2D eigenvalue weighted by Crippen LogP contribution is -2.23. The lowest BCUT2D eigenvalue weighted by molar-refractivity contribution is 0.227. The van der Waals surface area contributed by atoms with Crippen LogP contribution in [0.4, 0.5) is 0 Å². The zero-order valence-corrected chi connectivity index (χ0v) is 11.8. The smallest absolute Gasteiger partial charge is 0.169 e. The molecule has 0 spiro atoms. The Hall–Kier alpha value is -1.94. The summed E-state index contributed by atoms with van der Waals surface area (Å²) in [6, 6.07) is 10.5. The van der Waals surface area contributed by atoms with Crippen molar-refractivity contribution in [3.8, 4) is 5.75 Å². The summed E-state index contributed by atoms with van der Waals surface area (Å²) in [7, 11) is 0. The zero-order valence-electron chi connectivity index (χ0n) is 11.8. The van der Waals surface area contributed by atoms with E-state index in [2.05, 4.69) is 35.2 Å². The second kappa shape index (κ2) is 5.59. The molecule has 104 valence electrons. The molecule has 3 rings (SSSR count). The molecule has 2 heterocycles. The van der Waals surface area contributed by atoms with E-state index in [4.69, 9.17) is 4.74 Å². The van der Waals surface area contributed by atoms with Crippen molar-refractivity contribution in [2.45, 2.75) is 39.0 Å². The van der Waals surface area contributed by atoms with Crippen molar-refractivity contribution < 1.29 is 4.74 Å². The molecule has 1 atom stereocenters. The number of ether oxygens (including phenoxy) is 1. The standard InChI is InChI=1S/C16H19N3O/c1-11(2)18-10-13-7-8-17-16(19-13)15-9-12-5-3-4-6-14(12)20-15/h3-8,11,15,18H,9-10H2,1-2H3. The summed E-state index contributed by atoms with van der Waals surface area (Å²) in [5, 5.41) is 3.37. The lowest BCUT2D eigenvalue weighted by Gasteiger charge is -2.11. The summed E-state index contributed by atoms with van der Waals surface area (Å²) in [5.41, 5.74) is 2.23. The summed E-state index contributed by atoms with van der Waals surface area (Å²) in [6.45, 7) is 5.00. The van der Waals surface area contributed by atoms with Crippen LogP contribution in [0.1, 0.15) is 37.0 Å². The van der Waals surface area contributed by atoms with Crippen LogP contribution in [0.15, 0.2) is 36.5 Å². The molecule has 0 bridgehead atoms. The minimum atomic E-state index is -0.0635. The maximum atomic E-state index is 5.93. The fourth-order valence-electron chi connectivity index (χ4n) is 2.30. The number of rotatable bonds is 4. The van der Waals surface area contributed by atoms with Gasteiger partial charge in [-0.3, -0.25) is 0 Å². The topological polar surface area (TPSA) is 47.0 Å². The normalized spacial score (nSPS) is 17.1. The molecule has 0 radical (unpaired) electrons. The van der Waals surface area contributed by atoms with Gasteiger partial charge in [0.25, 0.3) is 0 Å². The molecule has 1 aliphatic rings. The SMILES string of the molecule is CC(C)NCc1ccnc(C2Cc3ccccc3O2)n1. The number of hydrogen-bond acceptors (Lipinski definition) is 4. The highest BCUT2D eigenvalue weighted by Crippen LogP contribution is 2.34. The Balaban J connectivity index is 1.74. The molecular weight excluding hydrogens is 250 g/mol. The molecule has 0 amide bonds. The van der Waals surface area contributed by atoms with Crippen LogP contribution in [-0.2, 0) is 13.0 Å². The maximum Gasteiger partial charge on any atom is 0.169 e. The number of para-hydroxylation sites is 1. The summed E-state index contributed by atoms with van der Waals surface area (Å²) in [5.74, 6) is 1.72. The van der Waals surface area contributed by atoms with Gasteiger partial charge < -0.3 is 10.1 Å². The Kier molecular flexibility index (Phi) is 3.65. The molecule has 0 saturated heterocycles. The third kappa shape index (κ3) is 2.80. The van der Waals surface area contributed by atoms with Crippen molar-refractivity contribution in [2.75, 3.05) is 0 Å². The van der Waals surface area contributed by atoms with Crippen LogP contribution >= 0.6 is 0 Å². The van der Waals surface area contributed by atoms with Crippen LogP contribution in [0.2, 0.25) is 0 Å². The van der Waals surface area contributed by atoms with E-state index >= 15 is 0 Å². The van der Waals surface area contributed by atoms with E-state index in [1.54, 1.807) is 0 Å². The number of nitrogens with one attached hydrogen (secondary N) is 1. The van der Waals surface area contributed by atoms with Gasteiger partial charge in [0.05, 0.1) is 5.69 Å². The van der Waals surface area contributed by atoms with Crippen molar-refractivity contribution in [1.82, 2.24) is 15.3 Å². The van der Waals surface area contributed by atoms with Gasteiger partial charge >= 0.3 is 0 Å². The van der Waals surface area contributed by atoms with E-state index in [0.717, 1.165) is 30.2 Å². The van der Waals surface area contributed by atoms with Crippen LogP contribution in [0.25, 0.3) is 0 Å². The Morgan fingerprint density at radius 1 is 1.30 bits per heavy atom. The second-order valence-corrected chi connectivity index (χ2v) is 5.36. The Bertz CT molecular complexity index is 573. The molecule has 4 heteroatoms. The Labute approximate surface area is 119 Å². The van der Waals surface area contributed by atoms with Crippen LogP contribution in [-0.4, -0.2) is 16.0 Å². The van der Waals surface area contributed by atoms with E-state index in [0.29, 0.717) is 6.04 Å². The maximum absolute atomic E-state index is 5.93. The minimum Gasteiger partial charge on any atom is -0.482 e. The molecule has 2 aromatic rings. The van der Waals surface area contributed by atoms with Crippen molar-refractivity contribution >= 4 is 0 Å². The second-order valence-electron chi connectivity index (χ2n) is 5.36. The first-order valence-electron chi connectivity index (χ1n) is 7.02. The molecule has 0 saturated carbocycles. The number of fused-ring (bicyclic) bond motifs is 1. The number of benzene rings is 1. The van der Waals surface area contributed by atoms with Crippen molar-refractivity contribution in [3.05, 3.63) is 53.6 Å². The van der Waals surface area contributed by atoms with Gasteiger partial charge in [0, 0.05) is 25.2 Å². The quantitative estimate of drug-likeness (QED) is 0.927. The summed E-state index contributed by atoms with van der Waals surface area (Å²) >= 11 is 0. The monoisotopic (exact) mass is 269 g/mol. The first-order chi connectivity index (χ1) is 9.72. The fourth-order valence-corrected chi connectivity index (χ4v) is 2.30. The fraction of sp³-hybridized carbons (Fsp3) is 0.375. The van der Waals surface area contributed by atoms with Gasteiger partial charge in [-0.25, -0.2) is 9.97 Å². The third-order valence-corrected chi connectivity index (χ3v) is 3.36. The molecule has 4 nitrogen and oxygen atoms in total. The van der Waals surface area contributed by atoms with Gasteiger partial charge in [-0.2, -0.15) is 0 Å². The molecule has 1 aromatic carbocycles. The minimum absolute atomic E-state index is 0.0635. The first-order valence-corrected chi connectivity index (χ1v) is 7.02. The van der Waals surface area contributed by atoms with Gasteiger partial charge in [-0.1, -0.05) is 32.0 Å². The number of aromatic nitrogens is 2. The van der Waals surface area contributed by atoms with Crippen molar-refractivity contribution in [2.24, 2.45) is 0 Å². The first kappa shape index (κ1) is 13.1. The van der Waals surface area contributed by atoms with Gasteiger partial charge in [-0.05, 0) is 17.7 Å². The molecule has 1 aromatic heterocycles. The highest BCUT2D eigenvalue weighted by atomic mass is 16.5. The molecule has 0 fully saturated rings. The van der Waals surface area contributed by atoms with Crippen LogP contribution < -0.4 is 10.1 Å². The molecule has 0 aliphatic carbocycles. The number of nitrogens with zero attached hydrogens (tertiary/aromatic N) is 2. The summed E-state index contributed by atoms with van der Waals surface area (Å²) in [6.07, 6.45) is 2.59. The average molecular weight is 269 g/mol. The van der Waals surface area contributed by atoms with Gasteiger partial charge in [0.1, 0.15) is 5.75 Å². The predicted octanol–water partition coefficient (Wildman–Crippen LogP) is 2.65. The lowest BCUT2D eigenvalue weighted by atomic mass is 10.1. The largest absolute Gasteiger partial charge is 0.482 e. The molecule has 1 N–H and O–H groups in total. The Morgan fingerprint density at radius 3 is 2.95 bits per heavy atom. The number of hydrogen-bond donors (Lipinski definition) is 1. The van der Waals surface area contributed by atoms with Gasteiger partial charge in [-0.15, -0.1) is 0 Å². The third-order valence-electron chi connectivity index (χ3n) is 3.36. The molecule has 1 aliphatic heterocycles. The van der Waals surface area contributed by atoms with Gasteiger partial charge in [0.15, 0.2) is 11.9 Å². The van der Waals surface area contributed by atoms with Crippen LogP contribution in [0.5, 0.6) is 5.75 Å². The summed E-state index contributed by atoms with van der Waals surface area (Å²) in [4.78, 5) is 8.98. The molecular formula is C16H19N3O. The molecule has 20 heavy (non-hydrogen) atoms. The van der Waals surface area contributed by atoms with E-state index in [-0.39, 0.29) is 6.10 Å². The highest BCUT2D eigenvalue weighted by Gasteiger charge is 2.26. The van der Waals surface area contributed by atoms with E-state index in [9.17, 15) is 0 Å². The van der Waals surface area contributed by atoms with E-state index in [1.807, 2.05) is 30.5 Å². The predicted molar refractivity (Wildman–Crippen MR) is 77.5 cm³/mol. The van der Waals surface area contributed by atoms with Crippen LogP contribution in [0.3, 0.4) is 0 Å². The highest BCUT2D eigenvalue weighted by molar-refractivity contribution is 5.38. The van der Waals surface area contributed by atoms with E-state index < -0.39 is 0 Å². The van der Waals surface area contributed by atoms with Crippen molar-refractivity contribution in [1.29, 1.82) is 0 Å². The Morgan fingerprint density at radius 2 is 2.15 bits per heavy atom. The molecule has 1 unspecified atom stereocenters. The van der Waals surface area contributed by atoms with Crippen molar-refractivity contribution in [3.63, 3.8) is 0 Å². The summed E-state index contributed by atoms with van der Waals surface area (Å²) < 4.78 is 5.93. The van der Waals surface area contributed by atoms with E-state index in [1.165, 1.54) is 5.56 Å². The van der Waals surface area contributed by atoms with Crippen LogP contribution in [0, 0.1) is 0 Å². The zero-order chi connectivity index (χ0) is 13.9. The van der Waals surface area contributed by atoms with Gasteiger partial charge in [0.2, 0.25) is 0 Å². The average Bonchev–Trinajstić information content (AvgIpc) is 2.89.